The van der Waals surface area contributed by atoms with Crippen molar-refractivity contribution >= 4 is 12.0 Å². The summed E-state index contributed by atoms with van der Waals surface area (Å²) in [6, 6.07) is 3.68. The Hall–Kier alpha value is -2.17. The smallest absolute Gasteiger partial charge is 0.217 e. The van der Waals surface area contributed by atoms with Crippen molar-refractivity contribution in [1.82, 2.24) is 5.32 Å². The third-order valence-electron chi connectivity index (χ3n) is 2.47. The van der Waals surface area contributed by atoms with E-state index in [2.05, 4.69) is 5.32 Å². The molecule has 0 saturated heterocycles. The maximum atomic E-state index is 10.7. The van der Waals surface area contributed by atoms with Crippen LogP contribution in [0.3, 0.4) is 0 Å². The van der Waals surface area contributed by atoms with Crippen molar-refractivity contribution in [3.63, 3.8) is 0 Å². The highest BCUT2D eigenvalue weighted by molar-refractivity contribution is 5.73. The van der Waals surface area contributed by atoms with Gasteiger partial charge in [0.25, 0.3) is 0 Å². The van der Waals surface area contributed by atoms with Crippen LogP contribution in [0.4, 0.5) is 0 Å². The van der Waals surface area contributed by atoms with Gasteiger partial charge in [-0.2, -0.15) is 0 Å². The predicted molar refractivity (Wildman–Crippen MR) is 73.8 cm³/mol. The summed E-state index contributed by atoms with van der Waals surface area (Å²) < 4.78 is 15.7. The van der Waals surface area contributed by atoms with Crippen molar-refractivity contribution in [3.8, 4) is 17.2 Å². The number of hydrogen-bond acceptors (Lipinski definition) is 4. The molecule has 5 heteroatoms. The van der Waals surface area contributed by atoms with E-state index in [1.54, 1.807) is 21.3 Å². The summed E-state index contributed by atoms with van der Waals surface area (Å²) in [5.41, 5.74) is 0.903. The van der Waals surface area contributed by atoms with E-state index in [4.69, 9.17) is 14.2 Å². The molecule has 0 aromatic heterocycles. The molecule has 0 fully saturated rings. The minimum Gasteiger partial charge on any atom is -0.493 e. The van der Waals surface area contributed by atoms with Crippen molar-refractivity contribution in [3.05, 3.63) is 23.8 Å². The highest BCUT2D eigenvalue weighted by Gasteiger charge is 2.11. The molecule has 1 aromatic rings. The van der Waals surface area contributed by atoms with E-state index >= 15 is 0 Å². The van der Waals surface area contributed by atoms with Crippen molar-refractivity contribution in [2.75, 3.05) is 27.9 Å². The Labute approximate surface area is 113 Å². The number of amides is 1. The number of nitrogens with one attached hydrogen (secondary N) is 1. The second kappa shape index (κ2) is 7.31. The lowest BCUT2D eigenvalue weighted by Gasteiger charge is -2.12. The maximum Gasteiger partial charge on any atom is 0.217 e. The van der Waals surface area contributed by atoms with Gasteiger partial charge in [-0.25, -0.2) is 0 Å². The zero-order valence-electron chi connectivity index (χ0n) is 11.6. The van der Waals surface area contributed by atoms with Gasteiger partial charge in [-0.3, -0.25) is 4.79 Å². The van der Waals surface area contributed by atoms with E-state index in [0.29, 0.717) is 23.8 Å². The van der Waals surface area contributed by atoms with Crippen LogP contribution in [0.1, 0.15) is 12.5 Å². The number of methoxy groups -OCH3 is 3. The number of hydrogen-bond donors (Lipinski definition) is 1. The molecule has 0 atom stereocenters. The van der Waals surface area contributed by atoms with Gasteiger partial charge >= 0.3 is 0 Å². The van der Waals surface area contributed by atoms with Crippen LogP contribution in [0.2, 0.25) is 0 Å². The first kappa shape index (κ1) is 14.9. The highest BCUT2D eigenvalue weighted by Crippen LogP contribution is 2.38. The summed E-state index contributed by atoms with van der Waals surface area (Å²) in [6.07, 6.45) is 3.72. The fourth-order valence-corrected chi connectivity index (χ4v) is 1.60. The van der Waals surface area contributed by atoms with Crippen LogP contribution in [0.15, 0.2) is 18.2 Å². The first-order valence-electron chi connectivity index (χ1n) is 5.83. The van der Waals surface area contributed by atoms with E-state index in [1.165, 1.54) is 6.92 Å². The Balaban J connectivity index is 2.93. The van der Waals surface area contributed by atoms with Crippen LogP contribution < -0.4 is 19.5 Å². The van der Waals surface area contributed by atoms with Gasteiger partial charge in [0.1, 0.15) is 0 Å². The average molecular weight is 265 g/mol. The number of rotatable bonds is 6. The molecule has 0 radical (unpaired) electrons. The maximum absolute atomic E-state index is 10.7. The molecule has 0 unspecified atom stereocenters. The van der Waals surface area contributed by atoms with E-state index in [9.17, 15) is 4.79 Å². The molecule has 0 heterocycles. The zero-order chi connectivity index (χ0) is 14.3. The molecule has 0 aliphatic carbocycles. The van der Waals surface area contributed by atoms with E-state index in [1.807, 2.05) is 24.3 Å². The van der Waals surface area contributed by atoms with E-state index in [-0.39, 0.29) is 5.91 Å². The quantitative estimate of drug-likeness (QED) is 0.853. The molecule has 1 N–H and O–H groups in total. The fourth-order valence-electron chi connectivity index (χ4n) is 1.60. The number of ether oxygens (including phenoxy) is 3. The van der Waals surface area contributed by atoms with Gasteiger partial charge in [0, 0.05) is 13.5 Å². The Kier molecular flexibility index (Phi) is 5.73. The van der Waals surface area contributed by atoms with Gasteiger partial charge in [0.15, 0.2) is 11.5 Å². The summed E-state index contributed by atoms with van der Waals surface area (Å²) in [5.74, 6) is 1.70. The number of carbonyl (C=O) groups is 1. The Morgan fingerprint density at radius 1 is 1.16 bits per heavy atom. The predicted octanol–water partition coefficient (Wildman–Crippen LogP) is 1.86. The highest BCUT2D eigenvalue weighted by atomic mass is 16.5. The SMILES string of the molecule is COc1cc(C=CCNC(C)=O)cc(OC)c1OC. The molecule has 19 heavy (non-hydrogen) atoms. The van der Waals surface area contributed by atoms with Crippen LogP contribution in [0, 0.1) is 0 Å². The van der Waals surface area contributed by atoms with Crippen LogP contribution in [-0.4, -0.2) is 33.8 Å². The standard InChI is InChI=1S/C14H19NO4/c1-10(16)15-7-5-6-11-8-12(17-2)14(19-4)13(9-11)18-3/h5-6,8-9H,7H2,1-4H3,(H,15,16). The monoisotopic (exact) mass is 265 g/mol. The molecule has 0 aliphatic rings. The van der Waals surface area contributed by atoms with Gasteiger partial charge in [-0.05, 0) is 17.7 Å². The minimum absolute atomic E-state index is 0.0606. The van der Waals surface area contributed by atoms with Crippen LogP contribution >= 0.6 is 0 Å². The summed E-state index contributed by atoms with van der Waals surface area (Å²) in [5, 5.41) is 2.68. The average Bonchev–Trinajstić information content (AvgIpc) is 2.42. The van der Waals surface area contributed by atoms with Gasteiger partial charge in [0.2, 0.25) is 11.7 Å². The lowest BCUT2D eigenvalue weighted by atomic mass is 10.1. The Bertz CT molecular complexity index is 444. The lowest BCUT2D eigenvalue weighted by Crippen LogP contribution is -2.19. The molecule has 104 valence electrons. The van der Waals surface area contributed by atoms with E-state index in [0.717, 1.165) is 5.56 Å². The Morgan fingerprint density at radius 3 is 2.16 bits per heavy atom. The summed E-state index contributed by atoms with van der Waals surface area (Å²) in [6.45, 7) is 1.96. The van der Waals surface area contributed by atoms with Gasteiger partial charge in [-0.1, -0.05) is 12.2 Å². The molecule has 0 aliphatic heterocycles. The zero-order valence-corrected chi connectivity index (χ0v) is 11.6. The first-order valence-corrected chi connectivity index (χ1v) is 5.83. The fraction of sp³-hybridized carbons (Fsp3) is 0.357. The normalized spacial score (nSPS) is 10.3. The van der Waals surface area contributed by atoms with Gasteiger partial charge in [-0.15, -0.1) is 0 Å². The summed E-state index contributed by atoms with van der Waals surface area (Å²) in [4.78, 5) is 10.7. The largest absolute Gasteiger partial charge is 0.493 e. The van der Waals surface area contributed by atoms with Crippen molar-refractivity contribution in [1.29, 1.82) is 0 Å². The molecule has 0 bridgehead atoms. The number of benzene rings is 1. The van der Waals surface area contributed by atoms with Gasteiger partial charge < -0.3 is 19.5 Å². The molecule has 0 spiro atoms. The van der Waals surface area contributed by atoms with Crippen LogP contribution in [-0.2, 0) is 4.79 Å². The summed E-state index contributed by atoms with van der Waals surface area (Å²) in [7, 11) is 4.71. The molecular weight excluding hydrogens is 246 g/mol. The summed E-state index contributed by atoms with van der Waals surface area (Å²) >= 11 is 0. The van der Waals surface area contributed by atoms with Crippen LogP contribution in [0.25, 0.3) is 6.08 Å². The third kappa shape index (κ3) is 4.21. The number of carbonyl (C=O) groups excluding carboxylic acids is 1. The van der Waals surface area contributed by atoms with Gasteiger partial charge in [0.05, 0.1) is 21.3 Å². The molecule has 0 saturated carbocycles. The second-order valence-electron chi connectivity index (χ2n) is 3.80. The second-order valence-corrected chi connectivity index (χ2v) is 3.80. The molecular formula is C14H19NO4. The molecule has 5 nitrogen and oxygen atoms in total. The van der Waals surface area contributed by atoms with Crippen molar-refractivity contribution < 1.29 is 19.0 Å². The van der Waals surface area contributed by atoms with Crippen LogP contribution in [0.5, 0.6) is 17.2 Å². The topological polar surface area (TPSA) is 56.8 Å². The van der Waals surface area contributed by atoms with Crippen molar-refractivity contribution in [2.45, 2.75) is 6.92 Å². The minimum atomic E-state index is -0.0606. The molecule has 1 aromatic carbocycles. The lowest BCUT2D eigenvalue weighted by molar-refractivity contribution is -0.118. The Morgan fingerprint density at radius 2 is 1.74 bits per heavy atom. The van der Waals surface area contributed by atoms with Crippen molar-refractivity contribution in [2.24, 2.45) is 0 Å². The molecule has 1 amide bonds. The first-order chi connectivity index (χ1) is 9.12. The molecule has 1 rings (SSSR count). The van der Waals surface area contributed by atoms with E-state index < -0.39 is 0 Å². The third-order valence-corrected chi connectivity index (χ3v) is 2.47.